The summed E-state index contributed by atoms with van der Waals surface area (Å²) in [4.78, 5) is 23.3. The number of hydrogen-bond acceptors (Lipinski definition) is 6. The van der Waals surface area contributed by atoms with Crippen molar-refractivity contribution in [2.45, 2.75) is 38.4 Å². The SMILES string of the molecule is O=c1cnc2ccc(F)cc2n1CCN1CCC(NCc2cc3c(cn2)OCC3)CC1. The standard InChI is InChI=1S/C23H26FN5O2/c24-17-1-2-20-21(12-17)29(23(30)15-27-20)9-8-28-6-3-18(4-7-28)25-13-19-11-16-5-10-31-22(16)14-26-19/h1-2,11-12,14-15,18,25H,3-10,13H2. The number of pyridine rings is 1. The topological polar surface area (TPSA) is 72.3 Å². The number of nitrogens with one attached hydrogen (secondary N) is 1. The van der Waals surface area contributed by atoms with Crippen LogP contribution in [0.25, 0.3) is 11.0 Å². The number of nitrogens with zero attached hydrogens (tertiary/aromatic N) is 4. The highest BCUT2D eigenvalue weighted by Crippen LogP contribution is 2.24. The van der Waals surface area contributed by atoms with Crippen molar-refractivity contribution < 1.29 is 9.13 Å². The zero-order valence-electron chi connectivity index (χ0n) is 17.4. The lowest BCUT2D eigenvalue weighted by atomic mass is 10.0. The molecule has 1 N–H and O–H groups in total. The fourth-order valence-corrected chi connectivity index (χ4v) is 4.44. The van der Waals surface area contributed by atoms with Gasteiger partial charge in [-0.05, 0) is 50.2 Å². The second-order valence-electron chi connectivity index (χ2n) is 8.26. The highest BCUT2D eigenvalue weighted by molar-refractivity contribution is 5.74. The smallest absolute Gasteiger partial charge is 0.269 e. The van der Waals surface area contributed by atoms with Crippen LogP contribution in [0.4, 0.5) is 4.39 Å². The third-order valence-electron chi connectivity index (χ3n) is 6.24. The van der Waals surface area contributed by atoms with Crippen molar-refractivity contribution in [3.05, 3.63) is 64.1 Å². The molecule has 0 bridgehead atoms. The summed E-state index contributed by atoms with van der Waals surface area (Å²) >= 11 is 0. The van der Waals surface area contributed by atoms with Crippen LogP contribution in [0.1, 0.15) is 24.1 Å². The maximum atomic E-state index is 13.7. The average Bonchev–Trinajstić information content (AvgIpc) is 3.26. The average molecular weight is 423 g/mol. The van der Waals surface area contributed by atoms with Gasteiger partial charge in [0.25, 0.3) is 5.56 Å². The fraction of sp³-hybridized carbons (Fsp3) is 0.435. The van der Waals surface area contributed by atoms with Gasteiger partial charge < -0.3 is 19.5 Å². The molecule has 1 saturated heterocycles. The van der Waals surface area contributed by atoms with Gasteiger partial charge in [0.2, 0.25) is 0 Å². The number of likely N-dealkylation sites (tertiary alicyclic amines) is 1. The van der Waals surface area contributed by atoms with Crippen molar-refractivity contribution in [2.75, 3.05) is 26.2 Å². The summed E-state index contributed by atoms with van der Waals surface area (Å²) in [6.07, 6.45) is 6.21. The lowest BCUT2D eigenvalue weighted by Gasteiger charge is -2.32. The summed E-state index contributed by atoms with van der Waals surface area (Å²) in [5, 5.41) is 3.63. The molecule has 0 saturated carbocycles. The molecule has 0 radical (unpaired) electrons. The van der Waals surface area contributed by atoms with Gasteiger partial charge in [-0.15, -0.1) is 0 Å². The predicted molar refractivity (Wildman–Crippen MR) is 116 cm³/mol. The Hall–Kier alpha value is -2.84. The lowest BCUT2D eigenvalue weighted by molar-refractivity contribution is 0.191. The van der Waals surface area contributed by atoms with Crippen LogP contribution in [0.15, 0.2) is 41.5 Å². The first-order valence-corrected chi connectivity index (χ1v) is 10.9. The molecule has 2 aliphatic heterocycles. The van der Waals surface area contributed by atoms with Gasteiger partial charge in [-0.1, -0.05) is 0 Å². The van der Waals surface area contributed by atoms with Gasteiger partial charge in [0, 0.05) is 37.7 Å². The van der Waals surface area contributed by atoms with Crippen molar-refractivity contribution in [1.82, 2.24) is 24.8 Å². The normalized spacial score (nSPS) is 17.1. The zero-order chi connectivity index (χ0) is 21.2. The second kappa shape index (κ2) is 8.72. The number of fused-ring (bicyclic) bond motifs is 2. The van der Waals surface area contributed by atoms with E-state index in [4.69, 9.17) is 4.74 Å². The van der Waals surface area contributed by atoms with Crippen LogP contribution in [0.2, 0.25) is 0 Å². The molecule has 31 heavy (non-hydrogen) atoms. The van der Waals surface area contributed by atoms with E-state index in [2.05, 4.69) is 26.3 Å². The minimum absolute atomic E-state index is 0.193. The Morgan fingerprint density at radius 1 is 1.13 bits per heavy atom. The molecule has 1 fully saturated rings. The molecule has 8 heteroatoms. The molecule has 7 nitrogen and oxygen atoms in total. The number of piperidine rings is 1. The van der Waals surface area contributed by atoms with E-state index in [0.717, 1.165) is 63.5 Å². The first-order chi connectivity index (χ1) is 15.2. The minimum atomic E-state index is -0.356. The molecule has 4 heterocycles. The number of aromatic nitrogens is 3. The van der Waals surface area contributed by atoms with Crippen molar-refractivity contribution in [2.24, 2.45) is 0 Å². The highest BCUT2D eigenvalue weighted by atomic mass is 19.1. The molecule has 2 aliphatic rings. The molecule has 0 unspecified atom stereocenters. The van der Waals surface area contributed by atoms with Crippen LogP contribution in [0, 0.1) is 5.82 Å². The van der Waals surface area contributed by atoms with Crippen LogP contribution >= 0.6 is 0 Å². The van der Waals surface area contributed by atoms with E-state index in [9.17, 15) is 9.18 Å². The number of benzene rings is 1. The first-order valence-electron chi connectivity index (χ1n) is 10.9. The molecule has 3 aromatic rings. The Balaban J connectivity index is 1.13. The molecular formula is C23H26FN5O2. The van der Waals surface area contributed by atoms with Gasteiger partial charge in [-0.2, -0.15) is 0 Å². The maximum absolute atomic E-state index is 13.7. The third-order valence-corrected chi connectivity index (χ3v) is 6.24. The Morgan fingerprint density at radius 2 is 2.00 bits per heavy atom. The number of ether oxygens (including phenoxy) is 1. The summed E-state index contributed by atoms with van der Waals surface area (Å²) in [6, 6.07) is 6.97. The van der Waals surface area contributed by atoms with Gasteiger partial charge in [0.05, 0.1) is 35.7 Å². The summed E-state index contributed by atoms with van der Waals surface area (Å²) in [5.74, 6) is 0.562. The van der Waals surface area contributed by atoms with Crippen molar-refractivity contribution in [3.8, 4) is 5.75 Å². The Labute approximate surface area is 179 Å². The largest absolute Gasteiger partial charge is 0.491 e. The van der Waals surface area contributed by atoms with Gasteiger partial charge in [-0.25, -0.2) is 9.37 Å². The van der Waals surface area contributed by atoms with Crippen LogP contribution in [-0.2, 0) is 19.5 Å². The molecule has 0 spiro atoms. The van der Waals surface area contributed by atoms with Crippen LogP contribution in [-0.4, -0.2) is 51.7 Å². The maximum Gasteiger partial charge on any atom is 0.269 e. The fourth-order valence-electron chi connectivity index (χ4n) is 4.44. The highest BCUT2D eigenvalue weighted by Gasteiger charge is 2.20. The Bertz CT molecular complexity index is 1140. The molecule has 0 atom stereocenters. The zero-order valence-corrected chi connectivity index (χ0v) is 17.4. The molecule has 0 aliphatic carbocycles. The molecule has 2 aromatic heterocycles. The number of halogens is 1. The van der Waals surface area contributed by atoms with E-state index in [1.165, 1.54) is 23.9 Å². The van der Waals surface area contributed by atoms with E-state index in [1.54, 1.807) is 10.6 Å². The van der Waals surface area contributed by atoms with E-state index in [0.29, 0.717) is 23.6 Å². The van der Waals surface area contributed by atoms with Gasteiger partial charge in [0.1, 0.15) is 11.6 Å². The number of rotatable bonds is 6. The van der Waals surface area contributed by atoms with Gasteiger partial charge in [0.15, 0.2) is 0 Å². The van der Waals surface area contributed by atoms with Crippen LogP contribution in [0.3, 0.4) is 0 Å². The predicted octanol–water partition coefficient (Wildman–Crippen LogP) is 2.12. The molecule has 162 valence electrons. The van der Waals surface area contributed by atoms with E-state index >= 15 is 0 Å². The van der Waals surface area contributed by atoms with Gasteiger partial charge >= 0.3 is 0 Å². The Morgan fingerprint density at radius 3 is 2.87 bits per heavy atom. The molecule has 1 aromatic carbocycles. The van der Waals surface area contributed by atoms with Crippen LogP contribution < -0.4 is 15.6 Å². The van der Waals surface area contributed by atoms with Crippen molar-refractivity contribution in [3.63, 3.8) is 0 Å². The monoisotopic (exact) mass is 423 g/mol. The Kier molecular flexibility index (Phi) is 5.65. The van der Waals surface area contributed by atoms with Crippen molar-refractivity contribution >= 4 is 11.0 Å². The van der Waals surface area contributed by atoms with E-state index in [-0.39, 0.29) is 11.4 Å². The number of hydrogen-bond donors (Lipinski definition) is 1. The summed E-state index contributed by atoms with van der Waals surface area (Å²) < 4.78 is 20.8. The second-order valence-corrected chi connectivity index (χ2v) is 8.26. The summed E-state index contributed by atoms with van der Waals surface area (Å²) in [6.45, 7) is 4.74. The molecular weight excluding hydrogens is 397 g/mol. The lowest BCUT2D eigenvalue weighted by Crippen LogP contribution is -2.43. The summed E-state index contributed by atoms with van der Waals surface area (Å²) in [7, 11) is 0. The van der Waals surface area contributed by atoms with Crippen LogP contribution in [0.5, 0.6) is 5.75 Å². The van der Waals surface area contributed by atoms with E-state index < -0.39 is 0 Å². The third kappa shape index (κ3) is 4.45. The van der Waals surface area contributed by atoms with Crippen molar-refractivity contribution in [1.29, 1.82) is 0 Å². The minimum Gasteiger partial charge on any atom is -0.491 e. The summed E-state index contributed by atoms with van der Waals surface area (Å²) in [5.41, 5.74) is 3.30. The van der Waals surface area contributed by atoms with Gasteiger partial charge in [-0.3, -0.25) is 9.78 Å². The quantitative estimate of drug-likeness (QED) is 0.655. The molecule has 5 rings (SSSR count). The molecule has 0 amide bonds. The van der Waals surface area contributed by atoms with E-state index in [1.807, 2.05) is 6.20 Å². The first kappa shape index (κ1) is 20.1.